The second-order valence-electron chi connectivity index (χ2n) is 9.88. The lowest BCUT2D eigenvalue weighted by Gasteiger charge is -2.47. The number of hydrogen-bond donors (Lipinski definition) is 1. The van der Waals surface area contributed by atoms with Crippen LogP contribution >= 0.6 is 0 Å². The predicted molar refractivity (Wildman–Crippen MR) is 124 cm³/mol. The zero-order valence-corrected chi connectivity index (χ0v) is 19.8. The molecule has 3 aliphatic rings. The molecule has 1 N–H and O–H groups in total. The fourth-order valence-electron chi connectivity index (χ4n) is 6.00. The zero-order valence-electron chi connectivity index (χ0n) is 19.0. The summed E-state index contributed by atoms with van der Waals surface area (Å²) in [4.78, 5) is 22.3. The summed E-state index contributed by atoms with van der Waals surface area (Å²) >= 11 is 0. The summed E-state index contributed by atoms with van der Waals surface area (Å²) in [7, 11) is -0.873. The lowest BCUT2D eigenvalue weighted by molar-refractivity contribution is 0.0463. The number of fused-ring (bicyclic) bond motifs is 3. The van der Waals surface area contributed by atoms with Crippen LogP contribution < -0.4 is 10.2 Å². The molecule has 0 aliphatic carbocycles. The number of carbonyl (C=O) groups is 1. The molecular weight excluding hydrogens is 428 g/mol. The van der Waals surface area contributed by atoms with E-state index < -0.39 is 9.84 Å². The van der Waals surface area contributed by atoms with Crippen molar-refractivity contribution >= 4 is 32.9 Å². The molecule has 4 heterocycles. The first-order chi connectivity index (χ1) is 15.2. The Hall–Kier alpha value is -2.13. The van der Waals surface area contributed by atoms with Crippen molar-refractivity contribution in [3.05, 3.63) is 23.8 Å². The first-order valence-electron chi connectivity index (χ1n) is 11.6. The third-order valence-electron chi connectivity index (χ3n) is 7.49. The van der Waals surface area contributed by atoms with Crippen LogP contribution in [0, 0.1) is 0 Å². The predicted octanol–water partition coefficient (Wildman–Crippen LogP) is 2.58. The molecule has 3 saturated heterocycles. The molecule has 2 unspecified atom stereocenters. The third kappa shape index (κ3) is 3.90. The minimum Gasteiger partial charge on any atom is -0.423 e. The quantitative estimate of drug-likeness (QED) is 0.752. The van der Waals surface area contributed by atoms with Crippen LogP contribution in [0.25, 0.3) is 11.1 Å². The molecular formula is C23H32N4O4S. The summed E-state index contributed by atoms with van der Waals surface area (Å²) in [5.41, 5.74) is 1.58. The minimum atomic E-state index is -3.08. The van der Waals surface area contributed by atoms with Crippen LogP contribution in [0.3, 0.4) is 0 Å². The van der Waals surface area contributed by atoms with Gasteiger partial charge in [0, 0.05) is 30.2 Å². The van der Waals surface area contributed by atoms with E-state index >= 15 is 0 Å². The van der Waals surface area contributed by atoms with E-state index in [1.807, 2.05) is 24.8 Å². The SMILES string of the molecule is C[C@H]1CS(=O)(=O)C[C@H](C)N1c1nc2c(C(=O)NC3CC4CCCC(C3)N4C)cccc2o1. The summed E-state index contributed by atoms with van der Waals surface area (Å²) in [5, 5.41) is 3.25. The van der Waals surface area contributed by atoms with Crippen LogP contribution in [0.1, 0.15) is 56.3 Å². The van der Waals surface area contributed by atoms with Gasteiger partial charge in [-0.15, -0.1) is 0 Å². The normalized spacial score (nSPS) is 32.7. The molecule has 0 radical (unpaired) electrons. The number of anilines is 1. The van der Waals surface area contributed by atoms with E-state index in [-0.39, 0.29) is 35.5 Å². The maximum atomic E-state index is 13.2. The van der Waals surface area contributed by atoms with E-state index in [9.17, 15) is 13.2 Å². The standard InChI is InChI=1S/C23H32N4O4S/c1-14-12-32(29,30)13-15(2)27(14)23-25-21-19(8-5-9-20(21)31-23)22(28)24-16-10-17-6-4-7-18(11-16)26(17)3/h5,8-9,14-18H,4,6-7,10-13H2,1-3H3,(H,24,28)/t14-,15-,16?,17?,18?/m0/s1. The van der Waals surface area contributed by atoms with E-state index in [0.29, 0.717) is 34.8 Å². The van der Waals surface area contributed by atoms with Gasteiger partial charge in [-0.05, 0) is 58.7 Å². The monoisotopic (exact) mass is 460 g/mol. The van der Waals surface area contributed by atoms with Crippen LogP contribution in [-0.2, 0) is 9.84 Å². The van der Waals surface area contributed by atoms with Gasteiger partial charge in [0.15, 0.2) is 15.4 Å². The molecule has 8 nitrogen and oxygen atoms in total. The van der Waals surface area contributed by atoms with Gasteiger partial charge in [0.2, 0.25) is 0 Å². The van der Waals surface area contributed by atoms with Gasteiger partial charge in [-0.25, -0.2) is 8.42 Å². The largest absolute Gasteiger partial charge is 0.423 e. The number of para-hydroxylation sites is 1. The van der Waals surface area contributed by atoms with Crippen molar-refractivity contribution in [1.29, 1.82) is 0 Å². The van der Waals surface area contributed by atoms with Gasteiger partial charge >= 0.3 is 0 Å². The third-order valence-corrected chi connectivity index (χ3v) is 9.47. The van der Waals surface area contributed by atoms with E-state index in [2.05, 4.69) is 22.2 Å². The summed E-state index contributed by atoms with van der Waals surface area (Å²) in [6, 6.07) is 6.54. The van der Waals surface area contributed by atoms with E-state index in [1.54, 1.807) is 12.1 Å². The summed E-state index contributed by atoms with van der Waals surface area (Å²) in [5.74, 6) is 0.0226. The van der Waals surface area contributed by atoms with Crippen molar-refractivity contribution in [2.45, 2.75) is 76.2 Å². The van der Waals surface area contributed by atoms with Gasteiger partial charge in [0.05, 0.1) is 17.1 Å². The Bertz CT molecular complexity index is 1100. The van der Waals surface area contributed by atoms with Crippen molar-refractivity contribution in [1.82, 2.24) is 15.2 Å². The van der Waals surface area contributed by atoms with E-state index in [0.717, 1.165) is 12.8 Å². The molecule has 1 aromatic carbocycles. The summed E-state index contributed by atoms with van der Waals surface area (Å²) in [6.45, 7) is 3.74. The highest BCUT2D eigenvalue weighted by Crippen LogP contribution is 2.33. The molecule has 0 spiro atoms. The smallest absolute Gasteiger partial charge is 0.298 e. The summed E-state index contributed by atoms with van der Waals surface area (Å²) in [6.07, 6.45) is 5.63. The molecule has 1 aromatic heterocycles. The lowest BCUT2D eigenvalue weighted by atomic mass is 9.82. The van der Waals surface area contributed by atoms with Crippen LogP contribution in [0.15, 0.2) is 22.6 Å². The molecule has 3 aliphatic heterocycles. The Morgan fingerprint density at radius 3 is 2.44 bits per heavy atom. The van der Waals surface area contributed by atoms with Gasteiger partial charge in [-0.3, -0.25) is 4.79 Å². The van der Waals surface area contributed by atoms with Gasteiger partial charge < -0.3 is 19.5 Å². The Kier molecular flexibility index (Phi) is 5.44. The van der Waals surface area contributed by atoms with Gasteiger partial charge in [-0.2, -0.15) is 4.98 Å². The number of oxazole rings is 1. The molecule has 32 heavy (non-hydrogen) atoms. The van der Waals surface area contributed by atoms with Crippen molar-refractivity contribution in [3.8, 4) is 0 Å². The lowest BCUT2D eigenvalue weighted by Crippen LogP contribution is -2.55. The van der Waals surface area contributed by atoms with Crippen molar-refractivity contribution in [2.75, 3.05) is 23.5 Å². The molecule has 2 aromatic rings. The van der Waals surface area contributed by atoms with E-state index in [1.165, 1.54) is 19.3 Å². The number of nitrogens with zero attached hydrogens (tertiary/aromatic N) is 3. The molecule has 3 fully saturated rings. The Labute approximate surface area is 189 Å². The Morgan fingerprint density at radius 1 is 1.12 bits per heavy atom. The van der Waals surface area contributed by atoms with Gasteiger partial charge in [-0.1, -0.05) is 12.5 Å². The number of sulfone groups is 1. The molecule has 9 heteroatoms. The maximum Gasteiger partial charge on any atom is 0.298 e. The topological polar surface area (TPSA) is 95.8 Å². The highest BCUT2D eigenvalue weighted by Gasteiger charge is 2.38. The number of carbonyl (C=O) groups excluding carboxylic acids is 1. The highest BCUT2D eigenvalue weighted by molar-refractivity contribution is 7.91. The average molecular weight is 461 g/mol. The number of aromatic nitrogens is 1. The second-order valence-corrected chi connectivity index (χ2v) is 12.0. The molecule has 4 atom stereocenters. The molecule has 1 amide bonds. The number of benzene rings is 1. The summed E-state index contributed by atoms with van der Waals surface area (Å²) < 4.78 is 30.2. The van der Waals surface area contributed by atoms with E-state index in [4.69, 9.17) is 4.42 Å². The first kappa shape index (κ1) is 21.7. The van der Waals surface area contributed by atoms with Crippen molar-refractivity contribution < 1.29 is 17.6 Å². The number of hydrogen-bond acceptors (Lipinski definition) is 7. The van der Waals surface area contributed by atoms with Gasteiger partial charge in [0.25, 0.3) is 11.9 Å². The Morgan fingerprint density at radius 2 is 1.78 bits per heavy atom. The maximum absolute atomic E-state index is 13.2. The highest BCUT2D eigenvalue weighted by atomic mass is 32.2. The van der Waals surface area contributed by atoms with Gasteiger partial charge in [0.1, 0.15) is 5.52 Å². The second kappa shape index (κ2) is 8.02. The Balaban J connectivity index is 1.38. The first-order valence-corrected chi connectivity index (χ1v) is 13.4. The number of piperidine rings is 2. The number of rotatable bonds is 3. The van der Waals surface area contributed by atoms with Crippen molar-refractivity contribution in [3.63, 3.8) is 0 Å². The molecule has 2 bridgehead atoms. The van der Waals surface area contributed by atoms with Crippen molar-refractivity contribution in [2.24, 2.45) is 0 Å². The molecule has 0 saturated carbocycles. The zero-order chi connectivity index (χ0) is 22.6. The van der Waals surface area contributed by atoms with Crippen LogP contribution in [-0.4, -0.2) is 73.0 Å². The average Bonchev–Trinajstić information content (AvgIpc) is 3.10. The number of nitrogens with one attached hydrogen (secondary N) is 1. The minimum absolute atomic E-state index is 0.0713. The van der Waals surface area contributed by atoms with Crippen LogP contribution in [0.5, 0.6) is 0 Å². The number of amides is 1. The van der Waals surface area contributed by atoms with Crippen LogP contribution in [0.4, 0.5) is 6.01 Å². The van der Waals surface area contributed by atoms with Crippen LogP contribution in [0.2, 0.25) is 0 Å². The molecule has 5 rings (SSSR count). The molecule has 174 valence electrons. The fourth-order valence-corrected chi connectivity index (χ4v) is 7.93. The fraction of sp³-hybridized carbons (Fsp3) is 0.652.